The highest BCUT2D eigenvalue weighted by atomic mass is 16.5. The Kier molecular flexibility index (Phi) is 4.44. The number of carbonyl (C=O) groups excluding carboxylic acids is 1. The Labute approximate surface area is 152 Å². The van der Waals surface area contributed by atoms with Crippen LogP contribution in [0.4, 0.5) is 5.82 Å². The van der Waals surface area contributed by atoms with Gasteiger partial charge in [0.25, 0.3) is 5.91 Å². The number of aryl methyl sites for hydroxylation is 1. The summed E-state index contributed by atoms with van der Waals surface area (Å²) in [5.41, 5.74) is 3.52. The first-order chi connectivity index (χ1) is 12.7. The average molecular weight is 347 g/mol. The zero-order valence-electron chi connectivity index (χ0n) is 14.7. The van der Waals surface area contributed by atoms with Gasteiger partial charge in [0.15, 0.2) is 6.10 Å². The molecule has 0 spiro atoms. The maximum atomic E-state index is 12.6. The van der Waals surface area contributed by atoms with Gasteiger partial charge in [0.2, 0.25) is 0 Å². The molecule has 0 saturated carbocycles. The molecule has 1 unspecified atom stereocenters. The zero-order chi connectivity index (χ0) is 17.9. The van der Waals surface area contributed by atoms with Crippen LogP contribution in [-0.2, 0) is 24.2 Å². The number of carbonyl (C=O) groups is 1. The Bertz CT molecular complexity index is 890. The third kappa shape index (κ3) is 3.33. The number of nitrogens with one attached hydrogen (secondary N) is 1. The van der Waals surface area contributed by atoms with Crippen LogP contribution >= 0.6 is 0 Å². The van der Waals surface area contributed by atoms with Gasteiger partial charge in [0.05, 0.1) is 12.7 Å². The van der Waals surface area contributed by atoms with E-state index >= 15 is 0 Å². The van der Waals surface area contributed by atoms with Crippen molar-refractivity contribution in [1.82, 2.24) is 9.78 Å². The molecule has 1 N–H and O–H groups in total. The molecule has 5 heteroatoms. The summed E-state index contributed by atoms with van der Waals surface area (Å²) in [4.78, 5) is 12.6. The van der Waals surface area contributed by atoms with Crippen LogP contribution in [0.5, 0.6) is 5.75 Å². The number of ether oxygens (including phenoxy) is 1. The molecule has 1 aliphatic rings. The number of hydrogen-bond acceptors (Lipinski definition) is 3. The van der Waals surface area contributed by atoms with Gasteiger partial charge in [-0.1, -0.05) is 49.4 Å². The Hall–Kier alpha value is -3.08. The molecule has 0 radical (unpaired) electrons. The van der Waals surface area contributed by atoms with Crippen LogP contribution in [-0.4, -0.2) is 21.8 Å². The lowest BCUT2D eigenvalue weighted by atomic mass is 10.1. The second-order valence-electron chi connectivity index (χ2n) is 6.45. The predicted molar refractivity (Wildman–Crippen MR) is 100 cm³/mol. The lowest BCUT2D eigenvalue weighted by Gasteiger charge is -2.13. The molecule has 5 nitrogen and oxygen atoms in total. The smallest absolute Gasteiger partial charge is 0.266 e. The molecule has 2 aromatic carbocycles. The molecular weight excluding hydrogens is 326 g/mol. The van der Waals surface area contributed by atoms with Crippen LogP contribution in [0.25, 0.3) is 0 Å². The van der Waals surface area contributed by atoms with E-state index in [2.05, 4.69) is 41.6 Å². The normalized spacial score (nSPS) is 15.3. The summed E-state index contributed by atoms with van der Waals surface area (Å²) in [7, 11) is 0. The van der Waals surface area contributed by atoms with Gasteiger partial charge in [0.1, 0.15) is 11.6 Å². The first kappa shape index (κ1) is 16.4. The second kappa shape index (κ2) is 7.04. The molecule has 1 aromatic heterocycles. The molecule has 26 heavy (non-hydrogen) atoms. The standard InChI is InChI=1S/C21H21N3O2/c1-2-15-7-9-16(10-8-15)14-24-20(11-12-22-24)23-21(25)19-13-17-5-3-4-6-18(17)26-19/h3-12,19H,2,13-14H2,1H3,(H,23,25). The molecule has 0 bridgehead atoms. The molecule has 4 rings (SSSR count). The fourth-order valence-corrected chi connectivity index (χ4v) is 3.15. The summed E-state index contributed by atoms with van der Waals surface area (Å²) in [5, 5.41) is 7.28. The molecule has 132 valence electrons. The largest absolute Gasteiger partial charge is 0.480 e. The average Bonchev–Trinajstić information content (AvgIpc) is 3.29. The maximum Gasteiger partial charge on any atom is 0.266 e. The number of aromatic nitrogens is 2. The first-order valence-electron chi connectivity index (χ1n) is 8.88. The minimum atomic E-state index is -0.500. The number of para-hydroxylation sites is 1. The van der Waals surface area contributed by atoms with Crippen molar-refractivity contribution in [1.29, 1.82) is 0 Å². The fourth-order valence-electron chi connectivity index (χ4n) is 3.15. The van der Waals surface area contributed by atoms with Gasteiger partial charge < -0.3 is 10.1 Å². The number of fused-ring (bicyclic) bond motifs is 1. The van der Waals surface area contributed by atoms with Crippen molar-refractivity contribution in [3.8, 4) is 5.75 Å². The van der Waals surface area contributed by atoms with Gasteiger partial charge in [-0.3, -0.25) is 4.79 Å². The van der Waals surface area contributed by atoms with E-state index in [1.54, 1.807) is 16.9 Å². The van der Waals surface area contributed by atoms with Gasteiger partial charge in [-0.05, 0) is 29.2 Å². The van der Waals surface area contributed by atoms with Gasteiger partial charge in [-0.15, -0.1) is 0 Å². The van der Waals surface area contributed by atoms with Crippen molar-refractivity contribution < 1.29 is 9.53 Å². The van der Waals surface area contributed by atoms with E-state index in [4.69, 9.17) is 4.74 Å². The Morgan fingerprint density at radius 2 is 1.92 bits per heavy atom. The third-order valence-electron chi connectivity index (χ3n) is 4.67. The number of benzene rings is 2. The summed E-state index contributed by atoms with van der Waals surface area (Å²) in [6.45, 7) is 2.75. The molecular formula is C21H21N3O2. The van der Waals surface area contributed by atoms with Crippen molar-refractivity contribution in [3.63, 3.8) is 0 Å². The fraction of sp³-hybridized carbons (Fsp3) is 0.238. The minimum Gasteiger partial charge on any atom is -0.480 e. The van der Waals surface area contributed by atoms with Gasteiger partial charge in [-0.2, -0.15) is 5.10 Å². The summed E-state index contributed by atoms with van der Waals surface area (Å²) in [5.74, 6) is 1.32. The van der Waals surface area contributed by atoms with Crippen LogP contribution in [0.3, 0.4) is 0 Å². The van der Waals surface area contributed by atoms with Crippen LogP contribution in [0, 0.1) is 0 Å². The molecule has 3 aromatic rings. The number of anilines is 1. The van der Waals surface area contributed by atoms with Crippen LogP contribution in [0.2, 0.25) is 0 Å². The number of nitrogens with zero attached hydrogens (tertiary/aromatic N) is 2. The summed E-state index contributed by atoms with van der Waals surface area (Å²) in [6, 6.07) is 18.0. The van der Waals surface area contributed by atoms with Crippen LogP contribution in [0.15, 0.2) is 60.8 Å². The van der Waals surface area contributed by atoms with Crippen molar-refractivity contribution in [2.75, 3.05) is 5.32 Å². The molecule has 1 atom stereocenters. The predicted octanol–water partition coefficient (Wildman–Crippen LogP) is 3.44. The molecule has 1 aliphatic heterocycles. The van der Waals surface area contributed by atoms with Gasteiger partial charge in [-0.25, -0.2) is 4.68 Å². The van der Waals surface area contributed by atoms with Crippen molar-refractivity contribution in [2.45, 2.75) is 32.4 Å². The maximum absolute atomic E-state index is 12.6. The lowest BCUT2D eigenvalue weighted by Crippen LogP contribution is -2.32. The molecule has 0 aliphatic carbocycles. The van der Waals surface area contributed by atoms with Crippen molar-refractivity contribution in [2.24, 2.45) is 0 Å². The quantitative estimate of drug-likeness (QED) is 0.769. The summed E-state index contributed by atoms with van der Waals surface area (Å²) in [6.07, 6.45) is 2.81. The Morgan fingerprint density at radius 1 is 1.15 bits per heavy atom. The molecule has 0 fully saturated rings. The first-order valence-corrected chi connectivity index (χ1v) is 8.88. The van der Waals surface area contributed by atoms with Crippen LogP contribution in [0.1, 0.15) is 23.6 Å². The van der Waals surface area contributed by atoms with Gasteiger partial charge in [0, 0.05) is 12.5 Å². The van der Waals surface area contributed by atoms with E-state index in [-0.39, 0.29) is 5.91 Å². The van der Waals surface area contributed by atoms with Gasteiger partial charge >= 0.3 is 0 Å². The van der Waals surface area contributed by atoms with E-state index in [1.165, 1.54) is 5.56 Å². The Morgan fingerprint density at radius 3 is 2.69 bits per heavy atom. The lowest BCUT2D eigenvalue weighted by molar-refractivity contribution is -0.122. The number of amides is 1. The molecule has 1 amide bonds. The van der Waals surface area contributed by atoms with Crippen molar-refractivity contribution in [3.05, 3.63) is 77.5 Å². The van der Waals surface area contributed by atoms with Crippen molar-refractivity contribution >= 4 is 11.7 Å². The zero-order valence-corrected chi connectivity index (χ0v) is 14.7. The monoisotopic (exact) mass is 347 g/mol. The number of rotatable bonds is 5. The highest BCUT2D eigenvalue weighted by molar-refractivity contribution is 5.94. The minimum absolute atomic E-state index is 0.149. The Balaban J connectivity index is 1.43. The summed E-state index contributed by atoms with van der Waals surface area (Å²) >= 11 is 0. The van der Waals surface area contributed by atoms with E-state index in [9.17, 15) is 4.79 Å². The second-order valence-corrected chi connectivity index (χ2v) is 6.45. The SMILES string of the molecule is CCc1ccc(Cn2nccc2NC(=O)C2Cc3ccccc3O2)cc1. The highest BCUT2D eigenvalue weighted by Crippen LogP contribution is 2.28. The van der Waals surface area contributed by atoms with Crippen LogP contribution < -0.4 is 10.1 Å². The topological polar surface area (TPSA) is 56.2 Å². The van der Waals surface area contributed by atoms with E-state index in [0.717, 1.165) is 23.3 Å². The molecule has 0 saturated heterocycles. The van der Waals surface area contributed by atoms with E-state index < -0.39 is 6.10 Å². The van der Waals surface area contributed by atoms with E-state index in [0.29, 0.717) is 18.8 Å². The summed E-state index contributed by atoms with van der Waals surface area (Å²) < 4.78 is 7.55. The number of hydrogen-bond donors (Lipinski definition) is 1. The third-order valence-corrected chi connectivity index (χ3v) is 4.67. The molecule has 2 heterocycles. The highest BCUT2D eigenvalue weighted by Gasteiger charge is 2.29. The van der Waals surface area contributed by atoms with E-state index in [1.807, 2.05) is 24.3 Å².